The number of nitrogens with zero attached hydrogens (tertiary/aromatic N) is 6. The molecule has 0 saturated carbocycles. The maximum atomic E-state index is 8.97. The summed E-state index contributed by atoms with van der Waals surface area (Å²) in [7, 11) is 0. The van der Waals surface area contributed by atoms with Crippen LogP contribution in [0.1, 0.15) is 27.8 Å². The molecular weight excluding hydrogens is 244 g/mol. The van der Waals surface area contributed by atoms with Gasteiger partial charge in [-0.2, -0.15) is 26.3 Å². The highest BCUT2D eigenvalue weighted by Gasteiger charge is 2.25. The van der Waals surface area contributed by atoms with Crippen LogP contribution in [0.4, 0.5) is 0 Å². The average molecular weight is 244 g/mol. The van der Waals surface area contributed by atoms with E-state index < -0.39 is 28.0 Å². The maximum absolute atomic E-state index is 8.97. The second kappa shape index (κ2) is 5.34. The topological polar surface area (TPSA) is 152 Å². The van der Waals surface area contributed by atoms with Crippen LogP contribution in [0.15, 0.2) is 0 Å². The van der Waals surface area contributed by atoms with Crippen molar-refractivity contribution >= 4 is 0 Å². The van der Waals surface area contributed by atoms with E-state index in [9.17, 15) is 0 Å². The van der Waals surface area contributed by atoms with E-state index >= 15 is 0 Å². The molecule has 84 valence electrons. The van der Waals surface area contributed by atoms with Gasteiger partial charge in [0.05, 0.1) is 16.7 Å². The van der Waals surface area contributed by atoms with Gasteiger partial charge in [-0.1, -0.05) is 0 Å². The van der Waals surface area contributed by atoms with E-state index in [2.05, 4.69) is 4.74 Å². The van der Waals surface area contributed by atoms with E-state index in [0.29, 0.717) is 0 Å². The Balaban J connectivity index is 4.12. The minimum absolute atomic E-state index is 0.386. The Hall–Kier alpha value is -4.04. The Kier molecular flexibility index (Phi) is 3.66. The molecule has 0 saturated heterocycles. The van der Waals surface area contributed by atoms with E-state index in [1.165, 1.54) is 6.26 Å². The van der Waals surface area contributed by atoms with E-state index in [-0.39, 0.29) is 5.56 Å². The third-order valence-electron chi connectivity index (χ3n) is 2.16. The van der Waals surface area contributed by atoms with Crippen molar-refractivity contribution in [1.82, 2.24) is 0 Å². The van der Waals surface area contributed by atoms with Crippen LogP contribution in [0, 0.1) is 68.2 Å². The second-order valence-electron chi connectivity index (χ2n) is 2.96. The number of rotatable bonds is 1. The fraction of sp³-hybridized carbons (Fsp3) is 0. The summed E-state index contributed by atoms with van der Waals surface area (Å²) in [6.07, 6.45) is 1.27. The molecular formula is C12N6O. The molecule has 7 nitrogen and oxygen atoms in total. The molecule has 0 fully saturated rings. The van der Waals surface area contributed by atoms with Crippen LogP contribution in [0.3, 0.4) is 0 Å². The number of nitriles is 6. The second-order valence-corrected chi connectivity index (χ2v) is 2.96. The standard InChI is InChI=1S/C12N6O/c13-1-7-8(2-14)10(4-16)12(19-6-18)11(5-17)9(7)3-15. The van der Waals surface area contributed by atoms with Gasteiger partial charge in [-0.15, -0.1) is 5.26 Å². The van der Waals surface area contributed by atoms with Crippen molar-refractivity contribution < 1.29 is 4.74 Å². The van der Waals surface area contributed by atoms with Gasteiger partial charge in [-0.3, -0.25) is 0 Å². The van der Waals surface area contributed by atoms with Gasteiger partial charge in [0.25, 0.3) is 6.26 Å². The first kappa shape index (κ1) is 13.0. The van der Waals surface area contributed by atoms with Crippen molar-refractivity contribution in [1.29, 1.82) is 31.6 Å². The van der Waals surface area contributed by atoms with Gasteiger partial charge in [-0.25, -0.2) is 0 Å². The predicted octanol–water partition coefficient (Wildman–Crippen LogP) is 0.905. The van der Waals surface area contributed by atoms with Gasteiger partial charge in [0.2, 0.25) is 0 Å². The van der Waals surface area contributed by atoms with Crippen molar-refractivity contribution in [2.45, 2.75) is 0 Å². The van der Waals surface area contributed by atoms with Gasteiger partial charge < -0.3 is 4.74 Å². The van der Waals surface area contributed by atoms with Gasteiger partial charge >= 0.3 is 0 Å². The molecule has 0 amide bonds. The summed E-state index contributed by atoms with van der Waals surface area (Å²) >= 11 is 0. The SMILES string of the molecule is N#COc1c(C#N)c(C#N)c(C#N)c(C#N)c1C#N. The van der Waals surface area contributed by atoms with Crippen LogP contribution in [-0.2, 0) is 0 Å². The highest BCUT2D eigenvalue weighted by atomic mass is 16.5. The summed E-state index contributed by atoms with van der Waals surface area (Å²) < 4.78 is 4.48. The Morgan fingerprint density at radius 3 is 1.11 bits per heavy atom. The molecule has 0 radical (unpaired) electrons. The van der Waals surface area contributed by atoms with Crippen LogP contribution in [0.25, 0.3) is 0 Å². The Morgan fingerprint density at radius 1 is 0.526 bits per heavy atom. The van der Waals surface area contributed by atoms with Gasteiger partial charge in [-0.05, 0) is 0 Å². The minimum Gasteiger partial charge on any atom is -0.385 e. The molecule has 1 aromatic carbocycles. The minimum atomic E-state index is -0.486. The van der Waals surface area contributed by atoms with Crippen LogP contribution < -0.4 is 4.74 Å². The third-order valence-corrected chi connectivity index (χ3v) is 2.16. The molecule has 19 heavy (non-hydrogen) atoms. The number of ether oxygens (including phenoxy) is 1. The van der Waals surface area contributed by atoms with Crippen LogP contribution >= 0.6 is 0 Å². The lowest BCUT2D eigenvalue weighted by molar-refractivity contribution is 0.503. The average Bonchev–Trinajstić information content (AvgIpc) is 2.45. The highest BCUT2D eigenvalue weighted by molar-refractivity contribution is 5.73. The molecule has 1 rings (SSSR count). The summed E-state index contributed by atoms with van der Waals surface area (Å²) in [6, 6.07) is 7.97. The largest absolute Gasteiger partial charge is 0.385 e. The zero-order valence-corrected chi connectivity index (χ0v) is 9.09. The molecule has 0 atom stereocenters. The number of hydrogen-bond acceptors (Lipinski definition) is 7. The Labute approximate surface area is 107 Å². The summed E-state index contributed by atoms with van der Waals surface area (Å²) in [4.78, 5) is 0. The molecule has 0 aromatic heterocycles. The molecule has 0 spiro atoms. The summed E-state index contributed by atoms with van der Waals surface area (Å²) in [5.74, 6) is -0.486. The van der Waals surface area contributed by atoms with Crippen LogP contribution in [0.2, 0.25) is 0 Å². The number of hydrogen-bond donors (Lipinski definition) is 0. The fourth-order valence-electron chi connectivity index (χ4n) is 1.42. The van der Waals surface area contributed by atoms with Crippen molar-refractivity contribution in [3.8, 4) is 42.4 Å². The van der Waals surface area contributed by atoms with Crippen molar-refractivity contribution in [2.75, 3.05) is 0 Å². The molecule has 7 heteroatoms. The van der Waals surface area contributed by atoms with Crippen molar-refractivity contribution in [3.63, 3.8) is 0 Å². The quantitative estimate of drug-likeness (QED) is 0.665. The molecule has 0 unspecified atom stereocenters. The summed E-state index contributed by atoms with van der Waals surface area (Å²) in [5, 5.41) is 53.3. The number of benzene rings is 1. The van der Waals surface area contributed by atoms with Gasteiger partial charge in [0.1, 0.15) is 41.5 Å². The summed E-state index contributed by atoms with van der Waals surface area (Å²) in [5.41, 5.74) is -2.02. The fourth-order valence-corrected chi connectivity index (χ4v) is 1.42. The van der Waals surface area contributed by atoms with Gasteiger partial charge in [0.15, 0.2) is 5.75 Å². The predicted molar refractivity (Wildman–Crippen MR) is 56.3 cm³/mol. The molecule has 0 aliphatic carbocycles. The molecule has 0 heterocycles. The lowest BCUT2D eigenvalue weighted by Crippen LogP contribution is -2.03. The van der Waals surface area contributed by atoms with Crippen molar-refractivity contribution in [3.05, 3.63) is 27.8 Å². The zero-order chi connectivity index (χ0) is 14.4. The normalized spacial score (nSPS) is 7.68. The van der Waals surface area contributed by atoms with Crippen LogP contribution in [-0.4, -0.2) is 0 Å². The molecule has 0 N–H and O–H groups in total. The van der Waals surface area contributed by atoms with Gasteiger partial charge in [0, 0.05) is 0 Å². The van der Waals surface area contributed by atoms with E-state index in [1.807, 2.05) is 0 Å². The van der Waals surface area contributed by atoms with E-state index in [0.717, 1.165) is 0 Å². The lowest BCUT2D eigenvalue weighted by Gasteiger charge is -2.07. The Morgan fingerprint density at radius 2 is 0.842 bits per heavy atom. The smallest absolute Gasteiger partial charge is 0.292 e. The molecule has 0 bridgehead atoms. The zero-order valence-electron chi connectivity index (χ0n) is 9.09. The van der Waals surface area contributed by atoms with Crippen molar-refractivity contribution in [2.24, 2.45) is 0 Å². The monoisotopic (exact) mass is 244 g/mol. The van der Waals surface area contributed by atoms with E-state index in [1.54, 1.807) is 30.3 Å². The summed E-state index contributed by atoms with van der Waals surface area (Å²) in [6.45, 7) is 0. The highest BCUT2D eigenvalue weighted by Crippen LogP contribution is 2.32. The first-order chi connectivity index (χ1) is 9.19. The molecule has 0 aliphatic rings. The third kappa shape index (κ3) is 1.84. The van der Waals surface area contributed by atoms with E-state index in [4.69, 9.17) is 31.6 Å². The maximum Gasteiger partial charge on any atom is 0.292 e. The lowest BCUT2D eigenvalue weighted by atomic mass is 9.93. The van der Waals surface area contributed by atoms with Crippen LogP contribution in [0.5, 0.6) is 5.75 Å². The first-order valence-electron chi connectivity index (χ1n) is 4.50. The Bertz CT molecular complexity index is 758. The first-order valence-corrected chi connectivity index (χ1v) is 4.50. The molecule has 0 aliphatic heterocycles. The molecule has 1 aromatic rings.